The van der Waals surface area contributed by atoms with Crippen LogP contribution in [0.15, 0.2) is 53.2 Å². The maximum atomic E-state index is 9.72. The molecule has 1 aliphatic carbocycles. The number of methoxy groups -OCH3 is 1. The molecule has 5 rings (SSSR count). The number of allylic oxidation sites excluding steroid dienone is 1. The minimum absolute atomic E-state index is 0.243. The zero-order chi connectivity index (χ0) is 38.0. The summed E-state index contributed by atoms with van der Waals surface area (Å²) in [5, 5.41) is 22.0. The van der Waals surface area contributed by atoms with Crippen LogP contribution in [-0.4, -0.2) is 127 Å². The van der Waals surface area contributed by atoms with Gasteiger partial charge in [0.05, 0.1) is 70.6 Å². The summed E-state index contributed by atoms with van der Waals surface area (Å²) >= 11 is 0. The molecule has 0 radical (unpaired) electrons. The average molecular weight is 747 g/mol. The number of aliphatic imine (C=N–C) groups is 2. The second kappa shape index (κ2) is 21.9. The van der Waals surface area contributed by atoms with Gasteiger partial charge in [-0.3, -0.25) is 9.58 Å². The number of benzene rings is 1. The van der Waals surface area contributed by atoms with Gasteiger partial charge in [0.15, 0.2) is 0 Å². The molecule has 1 N–H and O–H groups in total. The van der Waals surface area contributed by atoms with Gasteiger partial charge in [0.25, 0.3) is 5.88 Å². The van der Waals surface area contributed by atoms with E-state index >= 15 is 0 Å². The number of hydrogen-bond acceptors (Lipinski definition) is 12. The Morgan fingerprint density at radius 3 is 2.57 bits per heavy atom. The van der Waals surface area contributed by atoms with Crippen molar-refractivity contribution in [3.05, 3.63) is 54.4 Å². The van der Waals surface area contributed by atoms with Crippen molar-refractivity contribution < 1.29 is 28.4 Å². The molecule has 2 fully saturated rings. The van der Waals surface area contributed by atoms with Crippen LogP contribution in [0.4, 0.5) is 5.69 Å². The van der Waals surface area contributed by atoms with E-state index in [4.69, 9.17) is 33.5 Å². The molecule has 2 aliphatic rings. The lowest BCUT2D eigenvalue weighted by Crippen LogP contribution is -2.45. The van der Waals surface area contributed by atoms with Crippen LogP contribution < -0.4 is 14.8 Å². The molecule has 16 nitrogen and oxygen atoms in total. The fourth-order valence-electron chi connectivity index (χ4n) is 6.45. The molecule has 1 aliphatic heterocycles. The molecule has 1 aromatic carbocycles. The number of morpholine rings is 1. The number of hydrogen-bond donors (Lipinski definition) is 1. The van der Waals surface area contributed by atoms with E-state index in [0.29, 0.717) is 81.5 Å². The largest absolute Gasteiger partial charge is 0.487 e. The van der Waals surface area contributed by atoms with Crippen molar-refractivity contribution >= 4 is 23.9 Å². The molecular formula is C38H54N10O6. The summed E-state index contributed by atoms with van der Waals surface area (Å²) in [6.07, 6.45) is 11.5. The molecule has 0 bridgehead atoms. The van der Waals surface area contributed by atoms with Crippen LogP contribution >= 0.6 is 0 Å². The zero-order valence-electron chi connectivity index (χ0n) is 31.8. The number of rotatable bonds is 20. The smallest absolute Gasteiger partial charge is 0.256 e. The number of nitrogens with zero attached hydrogens (tertiary/aromatic N) is 9. The van der Waals surface area contributed by atoms with E-state index in [9.17, 15) is 5.26 Å². The third-order valence-electron chi connectivity index (χ3n) is 9.35. The second-order valence-electron chi connectivity index (χ2n) is 13.3. The van der Waals surface area contributed by atoms with Gasteiger partial charge < -0.3 is 33.7 Å². The highest BCUT2D eigenvalue weighted by atomic mass is 16.5. The molecule has 3 aromatic rings. The quantitative estimate of drug-likeness (QED) is 0.0971. The minimum atomic E-state index is -0.243. The fraction of sp³-hybridized carbons (Fsp3) is 0.579. The average Bonchev–Trinajstić information content (AvgIpc) is 3.87. The normalized spacial score (nSPS) is 18.9. The number of nitrogens with one attached hydrogen (secondary N) is 1. The van der Waals surface area contributed by atoms with Crippen LogP contribution in [0, 0.1) is 11.3 Å². The van der Waals surface area contributed by atoms with Crippen LogP contribution in [0.25, 0.3) is 5.57 Å². The van der Waals surface area contributed by atoms with Crippen molar-refractivity contribution in [2.24, 2.45) is 9.98 Å². The first-order valence-electron chi connectivity index (χ1n) is 18.7. The Kier molecular flexibility index (Phi) is 16.4. The highest BCUT2D eigenvalue weighted by molar-refractivity contribution is 5.97. The predicted molar refractivity (Wildman–Crippen MR) is 205 cm³/mol. The first kappa shape index (κ1) is 40.5. The van der Waals surface area contributed by atoms with Crippen molar-refractivity contribution in [2.75, 3.05) is 78.4 Å². The number of guanidine groups is 1. The van der Waals surface area contributed by atoms with E-state index in [1.54, 1.807) is 30.4 Å². The molecule has 0 unspecified atom stereocenters. The number of ether oxygens (including phenoxy) is 6. The second-order valence-corrected chi connectivity index (χ2v) is 13.3. The molecule has 0 amide bonds. The maximum absolute atomic E-state index is 9.72. The first-order chi connectivity index (χ1) is 26.5. The summed E-state index contributed by atoms with van der Waals surface area (Å²) in [6.45, 7) is 14.8. The highest BCUT2D eigenvalue weighted by Crippen LogP contribution is 2.34. The molecular weight excluding hydrogens is 692 g/mol. The van der Waals surface area contributed by atoms with Gasteiger partial charge in [-0.25, -0.2) is 19.7 Å². The number of aromatic nitrogens is 5. The molecule has 16 heteroatoms. The molecule has 1 saturated carbocycles. The Morgan fingerprint density at radius 1 is 1.09 bits per heavy atom. The van der Waals surface area contributed by atoms with Crippen molar-refractivity contribution in [3.8, 4) is 17.7 Å². The molecule has 3 heterocycles. The summed E-state index contributed by atoms with van der Waals surface area (Å²) in [6, 6.07) is 8.50. The minimum Gasteiger partial charge on any atom is -0.487 e. The molecule has 1 atom stereocenters. The Balaban J connectivity index is 1.24. The Morgan fingerprint density at radius 2 is 1.85 bits per heavy atom. The summed E-state index contributed by atoms with van der Waals surface area (Å²) in [7, 11) is 1.65. The van der Waals surface area contributed by atoms with Gasteiger partial charge in [0.1, 0.15) is 36.3 Å². The molecule has 292 valence electrons. The van der Waals surface area contributed by atoms with Crippen molar-refractivity contribution in [2.45, 2.75) is 70.7 Å². The van der Waals surface area contributed by atoms with Gasteiger partial charge >= 0.3 is 0 Å². The molecule has 54 heavy (non-hydrogen) atoms. The number of nitriles is 1. The van der Waals surface area contributed by atoms with Gasteiger partial charge in [-0.1, -0.05) is 6.07 Å². The lowest BCUT2D eigenvalue weighted by Gasteiger charge is -2.38. The lowest BCUT2D eigenvalue weighted by atomic mass is 9.90. The van der Waals surface area contributed by atoms with E-state index in [1.807, 2.05) is 36.9 Å². The van der Waals surface area contributed by atoms with E-state index < -0.39 is 0 Å². The lowest BCUT2D eigenvalue weighted by molar-refractivity contribution is 0.00502. The summed E-state index contributed by atoms with van der Waals surface area (Å²) in [5.74, 6) is 1.24. The SMILES string of the molecule is C=N/C(=N\C=C(/C)c1ccc(C#N)c(O[C@@H](C)Cn2cncn2)c1)Nc1cn([C@H]2CC[C@H](N3CCOCC3)CC2)nc1OCCCOCCOCCOC. The van der Waals surface area contributed by atoms with Crippen LogP contribution in [0.3, 0.4) is 0 Å². The fourth-order valence-corrected chi connectivity index (χ4v) is 6.45. The van der Waals surface area contributed by atoms with Crippen LogP contribution in [0.5, 0.6) is 11.6 Å². The van der Waals surface area contributed by atoms with Crippen molar-refractivity contribution in [1.29, 1.82) is 5.26 Å². The third-order valence-corrected chi connectivity index (χ3v) is 9.35. The van der Waals surface area contributed by atoms with Gasteiger partial charge in [-0.2, -0.15) is 10.4 Å². The topological polar surface area (TPSA) is 168 Å². The number of anilines is 1. The first-order valence-corrected chi connectivity index (χ1v) is 18.7. The highest BCUT2D eigenvalue weighted by Gasteiger charge is 2.29. The van der Waals surface area contributed by atoms with E-state index in [-0.39, 0.29) is 18.1 Å². The Bertz CT molecular complexity index is 1670. The van der Waals surface area contributed by atoms with Gasteiger partial charge in [0, 0.05) is 45.5 Å². The van der Waals surface area contributed by atoms with Gasteiger partial charge in [-0.15, -0.1) is 5.10 Å². The maximum Gasteiger partial charge on any atom is 0.256 e. The van der Waals surface area contributed by atoms with Crippen LogP contribution in [-0.2, 0) is 25.5 Å². The predicted octanol–water partition coefficient (Wildman–Crippen LogP) is 4.61. The van der Waals surface area contributed by atoms with E-state index in [1.165, 1.54) is 6.33 Å². The molecule has 2 aromatic heterocycles. The van der Waals surface area contributed by atoms with E-state index in [0.717, 1.165) is 63.1 Å². The third kappa shape index (κ3) is 12.5. The Hall–Kier alpha value is -4.66. The van der Waals surface area contributed by atoms with Gasteiger partial charge in [0.2, 0.25) is 5.96 Å². The van der Waals surface area contributed by atoms with Gasteiger partial charge in [-0.05, 0) is 69.5 Å². The summed E-state index contributed by atoms with van der Waals surface area (Å²) in [5.41, 5.74) is 2.78. The standard InChI is InChI=1S/C38H54N10O6/c1-29(31-6-7-32(23-39)36(22-31)54-30(2)25-47-28-41-27-43-47)24-42-38(40-3)44-35-26-48(34-10-8-33(9-11-34)46-12-16-51-17-13-46)45-37(35)53-15-5-14-50-20-21-52-19-18-49-4/h6-7,22,24,26-28,30,33-34H,3,5,8-21,25H2,1-2,4H3,(H,42,44)/b29-24+/t30-,33-,34-/m0/s1. The van der Waals surface area contributed by atoms with Crippen molar-refractivity contribution in [3.63, 3.8) is 0 Å². The summed E-state index contributed by atoms with van der Waals surface area (Å²) < 4.78 is 37.8. The zero-order valence-corrected chi connectivity index (χ0v) is 31.8. The molecule has 1 saturated heterocycles. The molecule has 0 spiro atoms. The Labute approximate surface area is 317 Å². The summed E-state index contributed by atoms with van der Waals surface area (Å²) in [4.78, 5) is 15.3. The monoisotopic (exact) mass is 746 g/mol. The van der Waals surface area contributed by atoms with Crippen molar-refractivity contribution in [1.82, 2.24) is 29.4 Å². The van der Waals surface area contributed by atoms with Crippen LogP contribution in [0.1, 0.15) is 63.1 Å². The van der Waals surface area contributed by atoms with Crippen LogP contribution in [0.2, 0.25) is 0 Å². The van der Waals surface area contributed by atoms with E-state index in [2.05, 4.69) is 43.1 Å².